The summed E-state index contributed by atoms with van der Waals surface area (Å²) in [6.07, 6.45) is 0.864. The maximum absolute atomic E-state index is 13.5. The topological polar surface area (TPSA) is 69.6 Å². The van der Waals surface area contributed by atoms with Crippen LogP contribution in [-0.2, 0) is 5.54 Å². The number of rotatable bonds is 3. The Hall–Kier alpha value is -1.98. The number of hydrogen-bond acceptors (Lipinski definition) is 4. The normalized spacial score (nSPS) is 11.8. The molecule has 0 amide bonds. The van der Waals surface area contributed by atoms with Crippen molar-refractivity contribution in [1.82, 2.24) is 20.2 Å². The number of aromatic nitrogens is 4. The van der Waals surface area contributed by atoms with Gasteiger partial charge in [-0.15, -0.1) is 5.10 Å². The Labute approximate surface area is 105 Å². The van der Waals surface area contributed by atoms with Crippen LogP contribution in [0.3, 0.4) is 0 Å². The van der Waals surface area contributed by atoms with E-state index in [1.165, 1.54) is 12.1 Å². The molecule has 2 rings (SSSR count). The van der Waals surface area contributed by atoms with Crippen molar-refractivity contribution in [3.63, 3.8) is 0 Å². The first-order valence-electron chi connectivity index (χ1n) is 5.80. The van der Waals surface area contributed by atoms with E-state index in [9.17, 15) is 4.39 Å². The minimum atomic E-state index is -0.462. The lowest BCUT2D eigenvalue weighted by molar-refractivity contribution is 0.304. The molecule has 5 nitrogen and oxygen atoms in total. The highest BCUT2D eigenvalue weighted by atomic mass is 19.1. The molecule has 0 atom stereocenters. The quantitative estimate of drug-likeness (QED) is 0.847. The van der Waals surface area contributed by atoms with Crippen LogP contribution in [0.4, 0.5) is 10.1 Å². The van der Waals surface area contributed by atoms with Gasteiger partial charge in [0, 0.05) is 5.56 Å². The van der Waals surface area contributed by atoms with Crippen LogP contribution in [-0.4, -0.2) is 20.2 Å². The maximum atomic E-state index is 13.5. The van der Waals surface area contributed by atoms with E-state index in [-0.39, 0.29) is 11.2 Å². The van der Waals surface area contributed by atoms with E-state index in [0.717, 1.165) is 6.42 Å². The molecule has 0 unspecified atom stereocenters. The third kappa shape index (κ3) is 2.05. The molecule has 1 aromatic carbocycles. The van der Waals surface area contributed by atoms with Gasteiger partial charge in [0.15, 0.2) is 5.82 Å². The van der Waals surface area contributed by atoms with Crippen LogP contribution >= 0.6 is 0 Å². The largest absolute Gasteiger partial charge is 0.396 e. The van der Waals surface area contributed by atoms with Gasteiger partial charge in [0.1, 0.15) is 5.82 Å². The summed E-state index contributed by atoms with van der Waals surface area (Å²) in [6, 6.07) is 4.58. The lowest BCUT2D eigenvalue weighted by Crippen LogP contribution is -2.27. The minimum Gasteiger partial charge on any atom is -0.396 e. The summed E-state index contributed by atoms with van der Waals surface area (Å²) in [5, 5.41) is 11.6. The summed E-state index contributed by atoms with van der Waals surface area (Å²) < 4.78 is 15.2. The van der Waals surface area contributed by atoms with E-state index in [1.807, 2.05) is 13.8 Å². The molecule has 0 spiro atoms. The van der Waals surface area contributed by atoms with Gasteiger partial charge in [-0.3, -0.25) is 0 Å². The van der Waals surface area contributed by atoms with Crippen molar-refractivity contribution in [3.8, 4) is 11.4 Å². The van der Waals surface area contributed by atoms with Crippen LogP contribution in [0.1, 0.15) is 27.2 Å². The molecule has 18 heavy (non-hydrogen) atoms. The summed E-state index contributed by atoms with van der Waals surface area (Å²) in [4.78, 5) is 0. The summed E-state index contributed by atoms with van der Waals surface area (Å²) in [7, 11) is 0. The standard InChI is InChI=1S/C12H16FN5/c1-4-12(2,3)18-11(15-16-17-18)8-5-6-10(14)9(13)7-8/h5-7H,4,14H2,1-3H3. The third-order valence-electron chi connectivity index (χ3n) is 3.17. The van der Waals surface area contributed by atoms with Crippen molar-refractivity contribution in [2.24, 2.45) is 0 Å². The zero-order chi connectivity index (χ0) is 13.3. The maximum Gasteiger partial charge on any atom is 0.182 e. The fourth-order valence-electron chi connectivity index (χ4n) is 1.59. The Balaban J connectivity index is 2.52. The molecule has 2 N–H and O–H groups in total. The fraction of sp³-hybridized carbons (Fsp3) is 0.417. The molecule has 1 aromatic heterocycles. The molecule has 0 aliphatic rings. The Kier molecular flexibility index (Phi) is 3.02. The highest BCUT2D eigenvalue weighted by Crippen LogP contribution is 2.26. The molecule has 0 radical (unpaired) electrons. The number of halogens is 1. The highest BCUT2D eigenvalue weighted by Gasteiger charge is 2.24. The Morgan fingerprint density at radius 2 is 2.11 bits per heavy atom. The molecule has 0 saturated heterocycles. The lowest BCUT2D eigenvalue weighted by Gasteiger charge is -2.23. The average Bonchev–Trinajstić information content (AvgIpc) is 2.82. The van der Waals surface area contributed by atoms with Gasteiger partial charge in [-0.2, -0.15) is 0 Å². The molecular formula is C12H16FN5. The first-order valence-corrected chi connectivity index (χ1v) is 5.80. The first kappa shape index (κ1) is 12.5. The van der Waals surface area contributed by atoms with Gasteiger partial charge >= 0.3 is 0 Å². The van der Waals surface area contributed by atoms with Crippen LogP contribution in [0.5, 0.6) is 0 Å². The molecule has 0 bridgehead atoms. The van der Waals surface area contributed by atoms with Gasteiger partial charge in [-0.25, -0.2) is 9.07 Å². The predicted octanol–water partition coefficient (Wildman–Crippen LogP) is 2.21. The van der Waals surface area contributed by atoms with Crippen LogP contribution in [0.25, 0.3) is 11.4 Å². The van der Waals surface area contributed by atoms with Crippen molar-refractivity contribution in [2.75, 3.05) is 5.73 Å². The summed E-state index contributed by atoms with van der Waals surface area (Å²) >= 11 is 0. The Morgan fingerprint density at radius 1 is 1.39 bits per heavy atom. The molecule has 6 heteroatoms. The minimum absolute atomic E-state index is 0.118. The fourth-order valence-corrected chi connectivity index (χ4v) is 1.59. The number of tetrazole rings is 1. The van der Waals surface area contributed by atoms with E-state index in [1.54, 1.807) is 10.7 Å². The number of nitrogen functional groups attached to an aromatic ring is 1. The first-order chi connectivity index (χ1) is 8.45. The SMILES string of the molecule is CCC(C)(C)n1nnnc1-c1ccc(N)c(F)c1. The van der Waals surface area contributed by atoms with Crippen molar-refractivity contribution in [3.05, 3.63) is 24.0 Å². The van der Waals surface area contributed by atoms with Crippen LogP contribution in [0, 0.1) is 5.82 Å². The van der Waals surface area contributed by atoms with E-state index >= 15 is 0 Å². The zero-order valence-corrected chi connectivity index (χ0v) is 10.7. The summed E-state index contributed by atoms with van der Waals surface area (Å²) in [6.45, 7) is 6.11. The Bertz CT molecular complexity index is 561. The molecular weight excluding hydrogens is 233 g/mol. The number of nitrogens with two attached hydrogens (primary N) is 1. The second-order valence-electron chi connectivity index (χ2n) is 4.82. The molecule has 96 valence electrons. The number of benzene rings is 1. The second kappa shape index (κ2) is 4.36. The average molecular weight is 249 g/mol. The molecule has 1 heterocycles. The monoisotopic (exact) mass is 249 g/mol. The Morgan fingerprint density at radius 3 is 2.72 bits per heavy atom. The van der Waals surface area contributed by atoms with Gasteiger partial charge in [-0.1, -0.05) is 6.92 Å². The van der Waals surface area contributed by atoms with Crippen LogP contribution in [0.15, 0.2) is 18.2 Å². The van der Waals surface area contributed by atoms with Crippen LogP contribution < -0.4 is 5.73 Å². The summed E-state index contributed by atoms with van der Waals surface area (Å²) in [5.41, 5.74) is 5.97. The predicted molar refractivity (Wildman–Crippen MR) is 67.2 cm³/mol. The second-order valence-corrected chi connectivity index (χ2v) is 4.82. The van der Waals surface area contributed by atoms with Crippen molar-refractivity contribution < 1.29 is 4.39 Å². The van der Waals surface area contributed by atoms with E-state index in [4.69, 9.17) is 5.73 Å². The lowest BCUT2D eigenvalue weighted by atomic mass is 10.0. The van der Waals surface area contributed by atoms with Crippen molar-refractivity contribution in [1.29, 1.82) is 0 Å². The van der Waals surface area contributed by atoms with E-state index < -0.39 is 5.82 Å². The summed E-state index contributed by atoms with van der Waals surface area (Å²) in [5.74, 6) is 0.0807. The third-order valence-corrected chi connectivity index (χ3v) is 3.17. The molecule has 0 aliphatic carbocycles. The van der Waals surface area contributed by atoms with Crippen molar-refractivity contribution in [2.45, 2.75) is 32.7 Å². The van der Waals surface area contributed by atoms with Crippen LogP contribution in [0.2, 0.25) is 0 Å². The van der Waals surface area contributed by atoms with Gasteiger partial charge in [-0.05, 0) is 48.9 Å². The molecule has 2 aromatic rings. The number of nitrogens with zero attached hydrogens (tertiary/aromatic N) is 4. The molecule has 0 fully saturated rings. The number of anilines is 1. The highest BCUT2D eigenvalue weighted by molar-refractivity contribution is 5.59. The zero-order valence-electron chi connectivity index (χ0n) is 10.7. The number of hydrogen-bond donors (Lipinski definition) is 1. The molecule has 0 aliphatic heterocycles. The van der Waals surface area contributed by atoms with Gasteiger partial charge < -0.3 is 5.73 Å². The van der Waals surface area contributed by atoms with Gasteiger partial charge in [0.25, 0.3) is 0 Å². The van der Waals surface area contributed by atoms with E-state index in [0.29, 0.717) is 11.4 Å². The smallest absolute Gasteiger partial charge is 0.182 e. The van der Waals surface area contributed by atoms with Gasteiger partial charge in [0.05, 0.1) is 11.2 Å². The molecule has 0 saturated carbocycles. The van der Waals surface area contributed by atoms with Crippen molar-refractivity contribution >= 4 is 5.69 Å². The van der Waals surface area contributed by atoms with E-state index in [2.05, 4.69) is 22.4 Å². The van der Waals surface area contributed by atoms with Gasteiger partial charge in [0.2, 0.25) is 0 Å².